The second-order valence-corrected chi connectivity index (χ2v) is 6.66. The maximum atomic E-state index is 5.64. The number of nitrogens with one attached hydrogen (secondary N) is 1. The molecule has 1 atom stereocenters. The Morgan fingerprint density at radius 1 is 1.38 bits per heavy atom. The van der Waals surface area contributed by atoms with Gasteiger partial charge in [0.2, 0.25) is 0 Å². The van der Waals surface area contributed by atoms with Crippen molar-refractivity contribution < 1.29 is 9.47 Å². The van der Waals surface area contributed by atoms with E-state index in [2.05, 4.69) is 47.4 Å². The molecule has 0 amide bonds. The van der Waals surface area contributed by atoms with Crippen molar-refractivity contribution in [1.29, 1.82) is 0 Å². The minimum absolute atomic E-state index is 0.507. The Morgan fingerprint density at radius 2 is 2.14 bits per heavy atom. The monoisotopic (exact) mass is 355 g/mol. The zero-order valence-electron chi connectivity index (χ0n) is 13.2. The molecule has 1 aliphatic rings. The van der Waals surface area contributed by atoms with Crippen LogP contribution in [0.3, 0.4) is 0 Å². The lowest BCUT2D eigenvalue weighted by atomic mass is 9.77. The van der Waals surface area contributed by atoms with Gasteiger partial charge in [0.25, 0.3) is 0 Å². The van der Waals surface area contributed by atoms with Crippen LogP contribution in [0.4, 0.5) is 0 Å². The molecule has 2 rings (SSSR count). The highest BCUT2D eigenvalue weighted by atomic mass is 79.9. The molecule has 0 heterocycles. The van der Waals surface area contributed by atoms with E-state index < -0.39 is 0 Å². The van der Waals surface area contributed by atoms with Gasteiger partial charge in [0.15, 0.2) is 0 Å². The van der Waals surface area contributed by atoms with Crippen molar-refractivity contribution >= 4 is 15.9 Å². The van der Waals surface area contributed by atoms with E-state index in [-0.39, 0.29) is 0 Å². The molecule has 1 aromatic carbocycles. The molecule has 0 spiro atoms. The fourth-order valence-electron chi connectivity index (χ4n) is 3.07. The Balaban J connectivity index is 1.84. The van der Waals surface area contributed by atoms with Crippen LogP contribution in [0.2, 0.25) is 0 Å². The highest BCUT2D eigenvalue weighted by Crippen LogP contribution is 2.34. The molecular weight excluding hydrogens is 330 g/mol. The molecule has 0 saturated heterocycles. The van der Waals surface area contributed by atoms with E-state index in [1.54, 1.807) is 7.11 Å². The van der Waals surface area contributed by atoms with Crippen molar-refractivity contribution in [2.24, 2.45) is 5.92 Å². The zero-order chi connectivity index (χ0) is 15.2. The third-order valence-corrected chi connectivity index (χ3v) is 4.94. The maximum absolute atomic E-state index is 5.64. The van der Waals surface area contributed by atoms with Crippen LogP contribution >= 0.6 is 15.9 Å². The van der Waals surface area contributed by atoms with Crippen molar-refractivity contribution in [3.63, 3.8) is 0 Å². The van der Waals surface area contributed by atoms with Crippen molar-refractivity contribution in [1.82, 2.24) is 5.32 Å². The van der Waals surface area contributed by atoms with Gasteiger partial charge in [0, 0.05) is 12.6 Å². The SMILES string of the molecule is CCOC1CC(CC(Cc2ccc(OC)c(Br)c2)NC)C1. The third-order valence-electron chi connectivity index (χ3n) is 4.32. The van der Waals surface area contributed by atoms with Crippen LogP contribution in [-0.2, 0) is 11.2 Å². The number of benzene rings is 1. The Labute approximate surface area is 136 Å². The van der Waals surface area contributed by atoms with Crippen LogP contribution in [0.5, 0.6) is 5.75 Å². The average Bonchev–Trinajstić information content (AvgIpc) is 2.44. The van der Waals surface area contributed by atoms with Gasteiger partial charge in [-0.3, -0.25) is 0 Å². The molecule has 0 aromatic heterocycles. The molecule has 1 aromatic rings. The van der Waals surface area contributed by atoms with Crippen LogP contribution in [-0.4, -0.2) is 32.9 Å². The highest BCUT2D eigenvalue weighted by Gasteiger charge is 2.31. The van der Waals surface area contributed by atoms with Gasteiger partial charge in [-0.25, -0.2) is 0 Å². The largest absolute Gasteiger partial charge is 0.496 e. The number of likely N-dealkylation sites (N-methyl/N-ethyl adjacent to an activating group) is 1. The van der Waals surface area contributed by atoms with Gasteiger partial charge in [-0.15, -0.1) is 0 Å². The van der Waals surface area contributed by atoms with E-state index in [1.807, 2.05) is 6.07 Å². The lowest BCUT2D eigenvalue weighted by molar-refractivity contribution is -0.0288. The maximum Gasteiger partial charge on any atom is 0.133 e. The summed E-state index contributed by atoms with van der Waals surface area (Å²) in [4.78, 5) is 0. The van der Waals surface area contributed by atoms with Crippen LogP contribution in [0.15, 0.2) is 22.7 Å². The number of hydrogen-bond donors (Lipinski definition) is 1. The Hall–Kier alpha value is -0.580. The standard InChI is InChI=1S/C17H26BrNO2/c1-4-21-15-9-13(10-15)8-14(19-2)7-12-5-6-17(20-3)16(18)11-12/h5-6,11,13-15,19H,4,7-10H2,1-3H3. The van der Waals surface area contributed by atoms with Crippen molar-refractivity contribution in [3.8, 4) is 5.75 Å². The van der Waals surface area contributed by atoms with E-state index in [4.69, 9.17) is 9.47 Å². The molecule has 1 saturated carbocycles. The zero-order valence-corrected chi connectivity index (χ0v) is 14.8. The van der Waals surface area contributed by atoms with Gasteiger partial charge >= 0.3 is 0 Å². The quantitative estimate of drug-likeness (QED) is 0.769. The van der Waals surface area contributed by atoms with Gasteiger partial charge in [-0.05, 0) is 79.2 Å². The molecule has 21 heavy (non-hydrogen) atoms. The first kappa shape index (κ1) is 16.8. The smallest absolute Gasteiger partial charge is 0.133 e. The third kappa shape index (κ3) is 4.70. The fraction of sp³-hybridized carbons (Fsp3) is 0.647. The molecule has 1 fully saturated rings. The van der Waals surface area contributed by atoms with Crippen LogP contribution in [0.25, 0.3) is 0 Å². The molecular formula is C17H26BrNO2. The van der Waals surface area contributed by atoms with Gasteiger partial charge < -0.3 is 14.8 Å². The van der Waals surface area contributed by atoms with Gasteiger partial charge in [0.05, 0.1) is 17.7 Å². The van der Waals surface area contributed by atoms with E-state index in [1.165, 1.54) is 24.8 Å². The molecule has 1 aliphatic carbocycles. The van der Waals surface area contributed by atoms with E-state index in [0.717, 1.165) is 29.2 Å². The molecule has 0 radical (unpaired) electrons. The van der Waals surface area contributed by atoms with Crippen LogP contribution in [0.1, 0.15) is 31.7 Å². The number of hydrogen-bond acceptors (Lipinski definition) is 3. The minimum Gasteiger partial charge on any atom is -0.496 e. The summed E-state index contributed by atoms with van der Waals surface area (Å²) in [5.41, 5.74) is 1.34. The number of methoxy groups -OCH3 is 1. The molecule has 118 valence electrons. The summed E-state index contributed by atoms with van der Waals surface area (Å²) >= 11 is 3.56. The van der Waals surface area contributed by atoms with Crippen molar-refractivity contribution in [2.75, 3.05) is 20.8 Å². The summed E-state index contributed by atoms with van der Waals surface area (Å²) in [6.45, 7) is 2.91. The van der Waals surface area contributed by atoms with Crippen molar-refractivity contribution in [3.05, 3.63) is 28.2 Å². The van der Waals surface area contributed by atoms with Gasteiger partial charge in [-0.2, -0.15) is 0 Å². The Morgan fingerprint density at radius 3 is 2.71 bits per heavy atom. The van der Waals surface area contributed by atoms with Crippen LogP contribution in [0, 0.1) is 5.92 Å². The molecule has 3 nitrogen and oxygen atoms in total. The topological polar surface area (TPSA) is 30.5 Å². The second kappa shape index (κ2) is 8.16. The highest BCUT2D eigenvalue weighted by molar-refractivity contribution is 9.10. The van der Waals surface area contributed by atoms with E-state index in [0.29, 0.717) is 12.1 Å². The molecule has 4 heteroatoms. The summed E-state index contributed by atoms with van der Waals surface area (Å²) in [6, 6.07) is 6.86. The van der Waals surface area contributed by atoms with Gasteiger partial charge in [0.1, 0.15) is 5.75 Å². The summed E-state index contributed by atoms with van der Waals surface area (Å²) < 4.78 is 11.9. The van der Waals surface area contributed by atoms with Crippen molar-refractivity contribution in [2.45, 2.75) is 44.8 Å². The summed E-state index contributed by atoms with van der Waals surface area (Å²) in [5, 5.41) is 3.46. The first-order valence-electron chi connectivity index (χ1n) is 7.77. The first-order valence-corrected chi connectivity index (χ1v) is 8.56. The second-order valence-electron chi connectivity index (χ2n) is 5.81. The van der Waals surface area contributed by atoms with Crippen LogP contribution < -0.4 is 10.1 Å². The predicted octanol–water partition coefficient (Wildman–Crippen LogP) is 3.79. The number of ether oxygens (including phenoxy) is 2. The molecule has 0 aliphatic heterocycles. The Kier molecular flexibility index (Phi) is 6.52. The first-order chi connectivity index (χ1) is 10.2. The molecule has 1 unspecified atom stereocenters. The van der Waals surface area contributed by atoms with Gasteiger partial charge in [-0.1, -0.05) is 6.07 Å². The summed E-state index contributed by atoms with van der Waals surface area (Å²) in [6.07, 6.45) is 5.22. The summed E-state index contributed by atoms with van der Waals surface area (Å²) in [5.74, 6) is 1.69. The average molecular weight is 356 g/mol. The van der Waals surface area contributed by atoms with E-state index >= 15 is 0 Å². The fourth-order valence-corrected chi connectivity index (χ4v) is 3.65. The number of rotatable bonds is 8. The lowest BCUT2D eigenvalue weighted by Gasteiger charge is -2.37. The molecule has 0 bridgehead atoms. The predicted molar refractivity (Wildman–Crippen MR) is 90.0 cm³/mol. The molecule has 1 N–H and O–H groups in total. The minimum atomic E-state index is 0.507. The lowest BCUT2D eigenvalue weighted by Crippen LogP contribution is -2.38. The normalized spacial score (nSPS) is 22.7. The summed E-state index contributed by atoms with van der Waals surface area (Å²) in [7, 11) is 3.75. The Bertz CT molecular complexity index is 446. The van der Waals surface area contributed by atoms with E-state index in [9.17, 15) is 0 Å². The number of halogens is 1.